The topological polar surface area (TPSA) is 55.8 Å². The fourth-order valence-electron chi connectivity index (χ4n) is 2.66. The first-order valence-electron chi connectivity index (χ1n) is 8.81. The molecule has 0 saturated heterocycles. The number of rotatable bonds is 8. The number of ether oxygens (including phenoxy) is 2. The summed E-state index contributed by atoms with van der Waals surface area (Å²) in [6, 6.07) is 22.0. The molecule has 3 aromatic rings. The second-order valence-corrected chi connectivity index (χ2v) is 6.97. The standard InChI is InChI=1S/C23H18Cl2O4/c24-18-5-1-16(2-6-18)22(17-3-7-19(25)8-4-17)13-14-28-20-9-11-21(12-10-20)29-15-23(26)27/h1-13H,14-15H2,(H,26,27). The van der Waals surface area contributed by atoms with Gasteiger partial charge in [-0.05, 0) is 71.3 Å². The summed E-state index contributed by atoms with van der Waals surface area (Å²) in [5.41, 5.74) is 3.02. The van der Waals surface area contributed by atoms with Gasteiger partial charge in [-0.25, -0.2) is 4.79 Å². The molecule has 0 unspecified atom stereocenters. The number of hydrogen-bond acceptors (Lipinski definition) is 3. The predicted molar refractivity (Wildman–Crippen MR) is 115 cm³/mol. The molecule has 148 valence electrons. The summed E-state index contributed by atoms with van der Waals surface area (Å²) in [5.74, 6) is 0.0983. The Morgan fingerprint density at radius 1 is 0.759 bits per heavy atom. The van der Waals surface area contributed by atoms with Crippen LogP contribution in [0.2, 0.25) is 10.0 Å². The van der Waals surface area contributed by atoms with Gasteiger partial charge in [0.25, 0.3) is 0 Å². The number of carbonyl (C=O) groups is 1. The van der Waals surface area contributed by atoms with Crippen LogP contribution in [0.4, 0.5) is 0 Å². The molecule has 0 bridgehead atoms. The first-order valence-corrected chi connectivity index (χ1v) is 9.56. The lowest BCUT2D eigenvalue weighted by atomic mass is 9.98. The number of aliphatic carboxylic acids is 1. The van der Waals surface area contributed by atoms with Crippen LogP contribution in [0.3, 0.4) is 0 Å². The minimum absolute atomic E-state index is 0.343. The van der Waals surface area contributed by atoms with Crippen LogP contribution < -0.4 is 9.47 Å². The number of carboxylic acid groups (broad SMARTS) is 1. The Balaban J connectivity index is 1.73. The van der Waals surface area contributed by atoms with Gasteiger partial charge in [0.1, 0.15) is 18.1 Å². The molecule has 0 atom stereocenters. The van der Waals surface area contributed by atoms with Crippen molar-refractivity contribution in [2.45, 2.75) is 0 Å². The Labute approximate surface area is 178 Å². The monoisotopic (exact) mass is 428 g/mol. The summed E-state index contributed by atoms with van der Waals surface area (Å²) in [4.78, 5) is 10.5. The van der Waals surface area contributed by atoms with Crippen LogP contribution >= 0.6 is 23.2 Å². The van der Waals surface area contributed by atoms with E-state index in [1.807, 2.05) is 54.6 Å². The van der Waals surface area contributed by atoms with E-state index in [1.165, 1.54) is 0 Å². The van der Waals surface area contributed by atoms with E-state index in [1.54, 1.807) is 24.3 Å². The van der Waals surface area contributed by atoms with E-state index in [0.29, 0.717) is 28.2 Å². The lowest BCUT2D eigenvalue weighted by Gasteiger charge is -2.11. The van der Waals surface area contributed by atoms with Crippen LogP contribution in [0.25, 0.3) is 5.57 Å². The number of carboxylic acids is 1. The second-order valence-electron chi connectivity index (χ2n) is 6.10. The molecular formula is C23H18Cl2O4. The molecule has 0 spiro atoms. The highest BCUT2D eigenvalue weighted by atomic mass is 35.5. The maximum absolute atomic E-state index is 10.5. The molecule has 0 aliphatic carbocycles. The third-order valence-electron chi connectivity index (χ3n) is 4.03. The van der Waals surface area contributed by atoms with Crippen LogP contribution in [-0.4, -0.2) is 24.3 Å². The minimum atomic E-state index is -1.02. The van der Waals surface area contributed by atoms with Crippen LogP contribution in [0.15, 0.2) is 78.9 Å². The molecule has 0 amide bonds. The molecule has 0 aliphatic rings. The quantitative estimate of drug-likeness (QED) is 0.480. The SMILES string of the molecule is O=C(O)COc1ccc(OCC=C(c2ccc(Cl)cc2)c2ccc(Cl)cc2)cc1. The summed E-state index contributed by atoms with van der Waals surface area (Å²) in [6.45, 7) is -0.0373. The fraction of sp³-hybridized carbons (Fsp3) is 0.0870. The molecule has 3 rings (SSSR count). The van der Waals surface area contributed by atoms with Crippen LogP contribution in [-0.2, 0) is 4.79 Å². The molecule has 0 heterocycles. The average Bonchev–Trinajstić information content (AvgIpc) is 2.72. The molecule has 0 radical (unpaired) electrons. The number of benzene rings is 3. The molecule has 1 N–H and O–H groups in total. The second kappa shape index (κ2) is 10.0. The van der Waals surface area contributed by atoms with Gasteiger partial charge in [0, 0.05) is 10.0 Å². The summed E-state index contributed by atoms with van der Waals surface area (Å²) in [6.07, 6.45) is 1.99. The largest absolute Gasteiger partial charge is 0.490 e. The highest BCUT2D eigenvalue weighted by Crippen LogP contribution is 2.26. The molecule has 0 aliphatic heterocycles. The normalized spacial score (nSPS) is 10.3. The Morgan fingerprint density at radius 3 is 1.66 bits per heavy atom. The Bertz CT molecular complexity index is 931. The van der Waals surface area contributed by atoms with E-state index < -0.39 is 5.97 Å². The molecule has 3 aromatic carbocycles. The van der Waals surface area contributed by atoms with Crippen molar-refractivity contribution >= 4 is 34.7 Å². The van der Waals surface area contributed by atoms with Gasteiger partial charge in [-0.15, -0.1) is 0 Å². The van der Waals surface area contributed by atoms with Crippen LogP contribution in [0.5, 0.6) is 11.5 Å². The highest BCUT2D eigenvalue weighted by molar-refractivity contribution is 6.31. The lowest BCUT2D eigenvalue weighted by Crippen LogP contribution is -2.09. The van der Waals surface area contributed by atoms with E-state index in [4.69, 9.17) is 37.8 Å². The Kier molecular flexibility index (Phi) is 7.17. The van der Waals surface area contributed by atoms with Crippen molar-refractivity contribution in [2.75, 3.05) is 13.2 Å². The van der Waals surface area contributed by atoms with E-state index in [-0.39, 0.29) is 6.61 Å². The average molecular weight is 429 g/mol. The molecule has 0 saturated carbocycles. The van der Waals surface area contributed by atoms with Gasteiger partial charge in [0.15, 0.2) is 6.61 Å². The van der Waals surface area contributed by atoms with Crippen molar-refractivity contribution in [3.05, 3.63) is 100 Å². The zero-order valence-electron chi connectivity index (χ0n) is 15.3. The third-order valence-corrected chi connectivity index (χ3v) is 4.54. The van der Waals surface area contributed by atoms with Gasteiger partial charge in [-0.2, -0.15) is 0 Å². The fourth-order valence-corrected chi connectivity index (χ4v) is 2.91. The Morgan fingerprint density at radius 2 is 1.21 bits per heavy atom. The maximum Gasteiger partial charge on any atom is 0.341 e. The number of hydrogen-bond donors (Lipinski definition) is 1. The predicted octanol–water partition coefficient (Wildman–Crippen LogP) is 5.97. The molecule has 29 heavy (non-hydrogen) atoms. The molecular weight excluding hydrogens is 411 g/mol. The number of halogens is 2. The van der Waals surface area contributed by atoms with Gasteiger partial charge < -0.3 is 14.6 Å². The van der Waals surface area contributed by atoms with Gasteiger partial charge in [-0.1, -0.05) is 47.5 Å². The zero-order chi connectivity index (χ0) is 20.6. The summed E-state index contributed by atoms with van der Waals surface area (Å²) >= 11 is 12.0. The smallest absolute Gasteiger partial charge is 0.341 e. The van der Waals surface area contributed by atoms with Gasteiger partial charge in [0.2, 0.25) is 0 Å². The summed E-state index contributed by atoms with van der Waals surface area (Å²) < 4.78 is 10.9. The van der Waals surface area contributed by atoms with E-state index in [2.05, 4.69) is 0 Å². The summed E-state index contributed by atoms with van der Waals surface area (Å²) in [7, 11) is 0. The third kappa shape index (κ3) is 6.28. The summed E-state index contributed by atoms with van der Waals surface area (Å²) in [5, 5.41) is 9.99. The maximum atomic E-state index is 10.5. The van der Waals surface area contributed by atoms with Gasteiger partial charge in [0.05, 0.1) is 0 Å². The van der Waals surface area contributed by atoms with Gasteiger partial charge >= 0.3 is 5.97 Å². The van der Waals surface area contributed by atoms with E-state index in [0.717, 1.165) is 16.7 Å². The van der Waals surface area contributed by atoms with Crippen LogP contribution in [0, 0.1) is 0 Å². The van der Waals surface area contributed by atoms with Gasteiger partial charge in [-0.3, -0.25) is 0 Å². The molecule has 6 heteroatoms. The molecule has 0 aromatic heterocycles. The van der Waals surface area contributed by atoms with Crippen molar-refractivity contribution in [1.29, 1.82) is 0 Å². The molecule has 4 nitrogen and oxygen atoms in total. The Hall–Kier alpha value is -2.95. The van der Waals surface area contributed by atoms with E-state index >= 15 is 0 Å². The first-order chi connectivity index (χ1) is 14.0. The van der Waals surface area contributed by atoms with E-state index in [9.17, 15) is 4.79 Å². The van der Waals surface area contributed by atoms with Crippen molar-refractivity contribution < 1.29 is 19.4 Å². The zero-order valence-corrected chi connectivity index (χ0v) is 16.9. The van der Waals surface area contributed by atoms with Crippen molar-refractivity contribution in [1.82, 2.24) is 0 Å². The minimum Gasteiger partial charge on any atom is -0.490 e. The highest BCUT2D eigenvalue weighted by Gasteiger charge is 2.06. The first kappa shape index (κ1) is 20.8. The molecule has 0 fully saturated rings. The van der Waals surface area contributed by atoms with Crippen molar-refractivity contribution in [3.8, 4) is 11.5 Å². The van der Waals surface area contributed by atoms with Crippen molar-refractivity contribution in [2.24, 2.45) is 0 Å². The lowest BCUT2D eigenvalue weighted by molar-refractivity contribution is -0.139. The van der Waals surface area contributed by atoms with Crippen LogP contribution in [0.1, 0.15) is 11.1 Å². The van der Waals surface area contributed by atoms with Crippen molar-refractivity contribution in [3.63, 3.8) is 0 Å².